The van der Waals surface area contributed by atoms with Crippen LogP contribution in [0.1, 0.15) is 31.2 Å². The summed E-state index contributed by atoms with van der Waals surface area (Å²) in [6.45, 7) is 0. The first kappa shape index (κ1) is 12.7. The Morgan fingerprint density at radius 1 is 1.18 bits per heavy atom. The van der Waals surface area contributed by atoms with Gasteiger partial charge in [0.15, 0.2) is 11.5 Å². The van der Waals surface area contributed by atoms with E-state index in [4.69, 9.17) is 15.2 Å². The zero-order valence-electron chi connectivity index (χ0n) is 10.3. The summed E-state index contributed by atoms with van der Waals surface area (Å²) in [5, 5.41) is 0. The summed E-state index contributed by atoms with van der Waals surface area (Å²) in [5.41, 5.74) is 7.36. The van der Waals surface area contributed by atoms with Gasteiger partial charge in [0.1, 0.15) is 0 Å². The molecule has 4 heteroatoms. The molecule has 1 aromatic rings. The van der Waals surface area contributed by atoms with Crippen LogP contribution in [0, 0.1) is 0 Å². The Balaban J connectivity index is 2.49. The van der Waals surface area contributed by atoms with Crippen LogP contribution in [-0.4, -0.2) is 14.2 Å². The number of halogens is 1. The summed E-state index contributed by atoms with van der Waals surface area (Å²) in [7, 11) is 3.28. The summed E-state index contributed by atoms with van der Waals surface area (Å²) in [6.07, 6.45) is 4.44. The topological polar surface area (TPSA) is 44.5 Å². The number of hydrogen-bond acceptors (Lipinski definition) is 3. The number of methoxy groups -OCH3 is 2. The minimum absolute atomic E-state index is 0.224. The lowest BCUT2D eigenvalue weighted by Crippen LogP contribution is -2.33. The number of nitrogens with two attached hydrogens (primary N) is 1. The lowest BCUT2D eigenvalue weighted by molar-refractivity contribution is 0.350. The first-order chi connectivity index (χ1) is 8.12. The van der Waals surface area contributed by atoms with E-state index in [0.717, 1.165) is 34.4 Å². The van der Waals surface area contributed by atoms with Crippen molar-refractivity contribution in [1.29, 1.82) is 0 Å². The molecule has 0 atom stereocenters. The van der Waals surface area contributed by atoms with Crippen molar-refractivity contribution in [1.82, 2.24) is 0 Å². The maximum atomic E-state index is 6.47. The molecule has 0 bridgehead atoms. The predicted molar refractivity (Wildman–Crippen MR) is 71.6 cm³/mol. The smallest absolute Gasteiger partial charge is 0.175 e. The van der Waals surface area contributed by atoms with Crippen molar-refractivity contribution in [2.45, 2.75) is 31.2 Å². The van der Waals surface area contributed by atoms with E-state index in [1.54, 1.807) is 14.2 Å². The minimum Gasteiger partial charge on any atom is -0.493 e. The highest BCUT2D eigenvalue weighted by molar-refractivity contribution is 9.10. The summed E-state index contributed by atoms with van der Waals surface area (Å²) in [6, 6.07) is 3.96. The minimum atomic E-state index is -0.224. The molecule has 3 nitrogen and oxygen atoms in total. The molecule has 1 aliphatic rings. The van der Waals surface area contributed by atoms with Crippen LogP contribution >= 0.6 is 15.9 Å². The third-order valence-electron chi connectivity index (χ3n) is 3.52. The Hall–Kier alpha value is -0.740. The molecule has 1 fully saturated rings. The second-order valence-corrected chi connectivity index (χ2v) is 5.32. The molecule has 1 saturated carbocycles. The van der Waals surface area contributed by atoms with Crippen molar-refractivity contribution in [3.05, 3.63) is 22.2 Å². The van der Waals surface area contributed by atoms with Crippen molar-refractivity contribution in [3.63, 3.8) is 0 Å². The van der Waals surface area contributed by atoms with Gasteiger partial charge in [0.25, 0.3) is 0 Å². The van der Waals surface area contributed by atoms with E-state index in [0.29, 0.717) is 0 Å². The summed E-state index contributed by atoms with van der Waals surface area (Å²) >= 11 is 3.59. The molecule has 94 valence electrons. The van der Waals surface area contributed by atoms with E-state index in [1.807, 2.05) is 12.1 Å². The predicted octanol–water partition coefficient (Wildman–Crippen LogP) is 3.19. The summed E-state index contributed by atoms with van der Waals surface area (Å²) in [4.78, 5) is 0. The molecule has 0 radical (unpaired) electrons. The zero-order valence-corrected chi connectivity index (χ0v) is 11.8. The summed E-state index contributed by atoms with van der Waals surface area (Å²) < 4.78 is 11.6. The molecule has 1 aliphatic carbocycles. The molecule has 0 unspecified atom stereocenters. The molecule has 0 heterocycles. The third-order valence-corrected chi connectivity index (χ3v) is 4.30. The monoisotopic (exact) mass is 299 g/mol. The number of hydrogen-bond donors (Lipinski definition) is 1. The molecular formula is C13H18BrNO2. The van der Waals surface area contributed by atoms with Crippen LogP contribution in [0.15, 0.2) is 16.6 Å². The van der Waals surface area contributed by atoms with Gasteiger partial charge in [-0.1, -0.05) is 18.9 Å². The van der Waals surface area contributed by atoms with Crippen molar-refractivity contribution >= 4 is 15.9 Å². The molecule has 0 aliphatic heterocycles. The van der Waals surface area contributed by atoms with E-state index in [2.05, 4.69) is 15.9 Å². The van der Waals surface area contributed by atoms with Crippen molar-refractivity contribution in [2.75, 3.05) is 14.2 Å². The number of benzene rings is 1. The van der Waals surface area contributed by atoms with E-state index in [-0.39, 0.29) is 5.54 Å². The van der Waals surface area contributed by atoms with Crippen LogP contribution < -0.4 is 15.2 Å². The highest BCUT2D eigenvalue weighted by Gasteiger charge is 2.34. The molecule has 17 heavy (non-hydrogen) atoms. The Labute approximate surface area is 110 Å². The second kappa shape index (κ2) is 4.86. The maximum Gasteiger partial charge on any atom is 0.175 e. The van der Waals surface area contributed by atoms with Gasteiger partial charge >= 0.3 is 0 Å². The Morgan fingerprint density at radius 2 is 1.82 bits per heavy atom. The standard InChI is InChI=1S/C13H18BrNO2/c1-16-10-6-5-9(11(14)12(10)17-2)13(15)7-3-4-8-13/h5-6H,3-4,7-8,15H2,1-2H3. The SMILES string of the molecule is COc1ccc(C2(N)CCCC2)c(Br)c1OC. The average Bonchev–Trinajstić information content (AvgIpc) is 2.76. The fourth-order valence-electron chi connectivity index (χ4n) is 2.55. The van der Waals surface area contributed by atoms with Gasteiger partial charge in [0.2, 0.25) is 0 Å². The Morgan fingerprint density at radius 3 is 2.35 bits per heavy atom. The molecular weight excluding hydrogens is 282 g/mol. The van der Waals surface area contributed by atoms with Crippen LogP contribution in [-0.2, 0) is 5.54 Å². The highest BCUT2D eigenvalue weighted by atomic mass is 79.9. The van der Waals surface area contributed by atoms with Crippen molar-refractivity contribution < 1.29 is 9.47 Å². The van der Waals surface area contributed by atoms with Crippen molar-refractivity contribution in [2.24, 2.45) is 5.73 Å². The largest absolute Gasteiger partial charge is 0.493 e. The van der Waals surface area contributed by atoms with Crippen LogP contribution in [0.25, 0.3) is 0 Å². The third kappa shape index (κ3) is 2.16. The molecule has 1 aromatic carbocycles. The van der Waals surface area contributed by atoms with Crippen LogP contribution in [0.3, 0.4) is 0 Å². The van der Waals surface area contributed by atoms with Crippen LogP contribution in [0.5, 0.6) is 11.5 Å². The first-order valence-corrected chi connectivity index (χ1v) is 6.61. The lowest BCUT2D eigenvalue weighted by Gasteiger charge is -2.26. The van der Waals surface area contributed by atoms with E-state index < -0.39 is 0 Å². The number of rotatable bonds is 3. The molecule has 0 spiro atoms. The van der Waals surface area contributed by atoms with Crippen LogP contribution in [0.4, 0.5) is 0 Å². The molecule has 2 rings (SSSR count). The molecule has 0 aromatic heterocycles. The van der Waals surface area contributed by atoms with E-state index >= 15 is 0 Å². The van der Waals surface area contributed by atoms with Gasteiger partial charge < -0.3 is 15.2 Å². The van der Waals surface area contributed by atoms with Crippen LogP contribution in [0.2, 0.25) is 0 Å². The Bertz CT molecular complexity index is 414. The van der Waals surface area contributed by atoms with Gasteiger partial charge in [-0.05, 0) is 40.4 Å². The lowest BCUT2D eigenvalue weighted by atomic mass is 9.89. The molecule has 2 N–H and O–H groups in total. The van der Waals surface area contributed by atoms with Gasteiger partial charge in [0.05, 0.1) is 18.7 Å². The highest BCUT2D eigenvalue weighted by Crippen LogP contribution is 2.45. The zero-order chi connectivity index (χ0) is 12.5. The fraction of sp³-hybridized carbons (Fsp3) is 0.538. The second-order valence-electron chi connectivity index (χ2n) is 4.53. The van der Waals surface area contributed by atoms with Gasteiger partial charge in [0, 0.05) is 5.54 Å². The van der Waals surface area contributed by atoms with Gasteiger partial charge in [-0.2, -0.15) is 0 Å². The van der Waals surface area contributed by atoms with Gasteiger partial charge in [-0.15, -0.1) is 0 Å². The van der Waals surface area contributed by atoms with E-state index in [1.165, 1.54) is 12.8 Å². The summed E-state index contributed by atoms with van der Waals surface area (Å²) in [5.74, 6) is 1.45. The average molecular weight is 300 g/mol. The normalized spacial score (nSPS) is 18.1. The first-order valence-electron chi connectivity index (χ1n) is 5.82. The fourth-order valence-corrected chi connectivity index (χ4v) is 3.43. The maximum absolute atomic E-state index is 6.47. The quantitative estimate of drug-likeness (QED) is 0.932. The van der Waals surface area contributed by atoms with Crippen molar-refractivity contribution in [3.8, 4) is 11.5 Å². The van der Waals surface area contributed by atoms with Gasteiger partial charge in [-0.25, -0.2) is 0 Å². The molecule has 0 saturated heterocycles. The molecule has 0 amide bonds. The Kier molecular flexibility index (Phi) is 3.64. The number of ether oxygens (including phenoxy) is 2. The van der Waals surface area contributed by atoms with E-state index in [9.17, 15) is 0 Å². The van der Waals surface area contributed by atoms with Gasteiger partial charge in [-0.3, -0.25) is 0 Å².